The van der Waals surface area contributed by atoms with Crippen molar-refractivity contribution in [2.75, 3.05) is 14.2 Å². The van der Waals surface area contributed by atoms with E-state index in [1.807, 2.05) is 31.2 Å². The van der Waals surface area contributed by atoms with Crippen molar-refractivity contribution < 1.29 is 9.53 Å². The van der Waals surface area contributed by atoms with Crippen LogP contribution in [0.15, 0.2) is 46.9 Å². The van der Waals surface area contributed by atoms with Gasteiger partial charge in [0.15, 0.2) is 5.69 Å². The van der Waals surface area contributed by atoms with Crippen LogP contribution >= 0.6 is 27.5 Å². The van der Waals surface area contributed by atoms with Crippen LogP contribution < -0.4 is 4.74 Å². The summed E-state index contributed by atoms with van der Waals surface area (Å²) >= 11 is 9.51. The molecule has 6 nitrogen and oxygen atoms in total. The number of nitrogens with zero attached hydrogens (tertiary/aromatic N) is 4. The Morgan fingerprint density at radius 1 is 1.30 bits per heavy atom. The number of rotatable bonds is 5. The van der Waals surface area contributed by atoms with Gasteiger partial charge >= 0.3 is 0 Å². The molecule has 1 aromatic heterocycles. The first-order chi connectivity index (χ1) is 12.9. The maximum absolute atomic E-state index is 12.9. The Labute approximate surface area is 170 Å². The van der Waals surface area contributed by atoms with Crippen molar-refractivity contribution in [1.29, 1.82) is 0 Å². The van der Waals surface area contributed by atoms with Crippen molar-refractivity contribution in [2.24, 2.45) is 0 Å². The van der Waals surface area contributed by atoms with Gasteiger partial charge in [-0.1, -0.05) is 38.8 Å². The summed E-state index contributed by atoms with van der Waals surface area (Å²) in [6, 6.07) is 13.0. The number of hydrogen-bond donors (Lipinski definition) is 0. The summed E-state index contributed by atoms with van der Waals surface area (Å²) in [5, 5.41) is 8.82. The van der Waals surface area contributed by atoms with Crippen molar-refractivity contribution in [3.63, 3.8) is 0 Å². The zero-order chi connectivity index (χ0) is 19.6. The second-order valence-electron chi connectivity index (χ2n) is 6.03. The van der Waals surface area contributed by atoms with Gasteiger partial charge in [0.25, 0.3) is 5.91 Å². The van der Waals surface area contributed by atoms with Crippen molar-refractivity contribution >= 4 is 33.4 Å². The predicted molar refractivity (Wildman–Crippen MR) is 108 cm³/mol. The third kappa shape index (κ3) is 4.14. The predicted octanol–water partition coefficient (Wildman–Crippen LogP) is 4.27. The van der Waals surface area contributed by atoms with E-state index >= 15 is 0 Å². The number of halogens is 2. The van der Waals surface area contributed by atoms with Crippen molar-refractivity contribution in [3.8, 4) is 11.4 Å². The molecule has 3 rings (SSSR count). The third-order valence-electron chi connectivity index (χ3n) is 4.15. The smallest absolute Gasteiger partial charge is 0.276 e. The molecule has 0 N–H and O–H groups in total. The van der Waals surface area contributed by atoms with E-state index in [1.165, 1.54) is 0 Å². The van der Waals surface area contributed by atoms with Gasteiger partial charge in [-0.15, -0.1) is 5.10 Å². The minimum absolute atomic E-state index is 0.226. The van der Waals surface area contributed by atoms with Crippen LogP contribution in [-0.2, 0) is 6.54 Å². The summed E-state index contributed by atoms with van der Waals surface area (Å²) in [6.07, 6.45) is 0. The highest BCUT2D eigenvalue weighted by Gasteiger charge is 2.22. The number of ether oxygens (including phenoxy) is 1. The lowest BCUT2D eigenvalue weighted by Crippen LogP contribution is -2.27. The molecule has 1 amide bonds. The minimum Gasteiger partial charge on any atom is -0.496 e. The molecule has 8 heteroatoms. The number of aromatic nitrogens is 3. The molecule has 0 atom stereocenters. The second-order valence-corrected chi connectivity index (χ2v) is 7.38. The standard InChI is InChI=1S/C19H18BrClN4O2/c1-12-18(22-23-25(12)16-6-4-5-14(20)10-16)19(26)24(2)11-13-9-15(21)7-8-17(13)27-3/h4-10H,11H2,1-3H3. The maximum atomic E-state index is 12.9. The molecule has 0 fully saturated rings. The quantitative estimate of drug-likeness (QED) is 0.583. The van der Waals surface area contributed by atoms with E-state index in [0.29, 0.717) is 28.7 Å². The highest BCUT2D eigenvalue weighted by molar-refractivity contribution is 9.10. The van der Waals surface area contributed by atoms with Gasteiger partial charge in [-0.05, 0) is 43.3 Å². The average Bonchev–Trinajstić information content (AvgIpc) is 3.02. The Bertz CT molecular complexity index is 990. The molecular formula is C19H18BrClN4O2. The molecule has 0 saturated heterocycles. The van der Waals surface area contributed by atoms with Gasteiger partial charge in [0.1, 0.15) is 5.75 Å². The molecule has 0 aliphatic heterocycles. The Kier molecular flexibility index (Phi) is 5.82. The monoisotopic (exact) mass is 448 g/mol. The molecule has 0 aliphatic rings. The number of methoxy groups -OCH3 is 1. The lowest BCUT2D eigenvalue weighted by Gasteiger charge is -2.18. The molecule has 2 aromatic carbocycles. The third-order valence-corrected chi connectivity index (χ3v) is 4.87. The summed E-state index contributed by atoms with van der Waals surface area (Å²) in [7, 11) is 3.29. The van der Waals surface area contributed by atoms with Gasteiger partial charge in [0.05, 0.1) is 18.5 Å². The molecule has 0 unspecified atom stereocenters. The first-order valence-electron chi connectivity index (χ1n) is 8.17. The average molecular weight is 450 g/mol. The molecular weight excluding hydrogens is 432 g/mol. The van der Waals surface area contributed by atoms with Gasteiger partial charge in [-0.25, -0.2) is 4.68 Å². The van der Waals surface area contributed by atoms with Crippen LogP contribution in [0, 0.1) is 6.92 Å². The molecule has 140 valence electrons. The van der Waals surface area contributed by atoms with E-state index < -0.39 is 0 Å². The second kappa shape index (κ2) is 8.10. The Morgan fingerprint density at radius 3 is 2.78 bits per heavy atom. The van der Waals surface area contributed by atoms with Gasteiger partial charge in [-0.3, -0.25) is 4.79 Å². The molecule has 0 saturated carbocycles. The number of carbonyl (C=O) groups excluding carboxylic acids is 1. The summed E-state index contributed by atoms with van der Waals surface area (Å²) in [5.74, 6) is 0.448. The number of hydrogen-bond acceptors (Lipinski definition) is 4. The van der Waals surface area contributed by atoms with Gasteiger partial charge in [0.2, 0.25) is 0 Å². The zero-order valence-electron chi connectivity index (χ0n) is 15.1. The lowest BCUT2D eigenvalue weighted by atomic mass is 10.2. The maximum Gasteiger partial charge on any atom is 0.276 e. The summed E-state index contributed by atoms with van der Waals surface area (Å²) in [6.45, 7) is 2.16. The van der Waals surface area contributed by atoms with Crippen LogP contribution in [0.1, 0.15) is 21.7 Å². The van der Waals surface area contributed by atoms with Crippen molar-refractivity contribution in [1.82, 2.24) is 19.9 Å². The normalized spacial score (nSPS) is 10.7. The van der Waals surface area contributed by atoms with Crippen molar-refractivity contribution in [2.45, 2.75) is 13.5 Å². The van der Waals surface area contributed by atoms with E-state index in [0.717, 1.165) is 15.7 Å². The Balaban J connectivity index is 1.85. The molecule has 3 aromatic rings. The highest BCUT2D eigenvalue weighted by atomic mass is 79.9. The summed E-state index contributed by atoms with van der Waals surface area (Å²) in [5.41, 5.74) is 2.62. The molecule has 0 radical (unpaired) electrons. The van der Waals surface area contributed by atoms with E-state index in [9.17, 15) is 4.79 Å². The van der Waals surface area contributed by atoms with Crippen LogP contribution in [0.4, 0.5) is 0 Å². The van der Waals surface area contributed by atoms with E-state index in [-0.39, 0.29) is 5.91 Å². The first-order valence-corrected chi connectivity index (χ1v) is 9.34. The molecule has 27 heavy (non-hydrogen) atoms. The van der Waals surface area contributed by atoms with Crippen LogP contribution in [0.5, 0.6) is 5.75 Å². The van der Waals surface area contributed by atoms with E-state index in [4.69, 9.17) is 16.3 Å². The van der Waals surface area contributed by atoms with Crippen LogP contribution in [0.3, 0.4) is 0 Å². The Morgan fingerprint density at radius 2 is 2.07 bits per heavy atom. The molecule has 0 aliphatic carbocycles. The van der Waals surface area contributed by atoms with Crippen molar-refractivity contribution in [3.05, 3.63) is 68.9 Å². The molecule has 0 bridgehead atoms. The van der Waals surface area contributed by atoms with E-state index in [2.05, 4.69) is 26.2 Å². The number of benzene rings is 2. The van der Waals surface area contributed by atoms with E-state index in [1.54, 1.807) is 41.9 Å². The fraction of sp³-hybridized carbons (Fsp3) is 0.211. The first kappa shape index (κ1) is 19.4. The fourth-order valence-corrected chi connectivity index (χ4v) is 3.34. The van der Waals surface area contributed by atoms with Crippen LogP contribution in [0.25, 0.3) is 5.69 Å². The highest BCUT2D eigenvalue weighted by Crippen LogP contribution is 2.24. The number of amides is 1. The fourth-order valence-electron chi connectivity index (χ4n) is 2.76. The van der Waals surface area contributed by atoms with Gasteiger partial charge in [0, 0.05) is 28.7 Å². The summed E-state index contributed by atoms with van der Waals surface area (Å²) in [4.78, 5) is 14.5. The Hall–Kier alpha value is -2.38. The largest absolute Gasteiger partial charge is 0.496 e. The zero-order valence-corrected chi connectivity index (χ0v) is 17.5. The molecule has 1 heterocycles. The summed E-state index contributed by atoms with van der Waals surface area (Å²) < 4.78 is 7.92. The number of carbonyl (C=O) groups is 1. The van der Waals surface area contributed by atoms with Crippen LogP contribution in [-0.4, -0.2) is 40.0 Å². The SMILES string of the molecule is COc1ccc(Cl)cc1CN(C)C(=O)c1nnn(-c2cccc(Br)c2)c1C. The van der Waals surface area contributed by atoms with Gasteiger partial charge in [-0.2, -0.15) is 0 Å². The minimum atomic E-state index is -0.226. The topological polar surface area (TPSA) is 60.2 Å². The molecule has 0 spiro atoms. The lowest BCUT2D eigenvalue weighted by molar-refractivity contribution is 0.0777. The van der Waals surface area contributed by atoms with Crippen LogP contribution in [0.2, 0.25) is 5.02 Å². The van der Waals surface area contributed by atoms with Gasteiger partial charge < -0.3 is 9.64 Å².